The number of para-hydroxylation sites is 3. The Morgan fingerprint density at radius 3 is 2.18 bits per heavy atom. The summed E-state index contributed by atoms with van der Waals surface area (Å²) in [6.07, 6.45) is -0.713. The predicted octanol–water partition coefficient (Wildman–Crippen LogP) is 11.6. The summed E-state index contributed by atoms with van der Waals surface area (Å²) >= 11 is 1.84. The summed E-state index contributed by atoms with van der Waals surface area (Å²) in [5.74, 6) is 0. The highest BCUT2D eigenvalue weighted by Gasteiger charge is 2.22. The Bertz CT molecular complexity index is 2890. The first-order valence-electron chi connectivity index (χ1n) is 17.2. The van der Waals surface area contributed by atoms with Crippen LogP contribution in [0.2, 0.25) is 0 Å². The van der Waals surface area contributed by atoms with E-state index in [1.165, 1.54) is 25.7 Å². The molecule has 0 aliphatic carbocycles. The maximum absolute atomic E-state index is 6.92. The minimum Gasteiger partial charge on any atom is -0.456 e. The molecule has 4 N–H and O–H groups in total. The van der Waals surface area contributed by atoms with Crippen LogP contribution in [-0.2, 0) is 6.54 Å². The summed E-state index contributed by atoms with van der Waals surface area (Å²) in [5, 5.41) is 14.4. The van der Waals surface area contributed by atoms with E-state index in [1.54, 1.807) is 0 Å². The van der Waals surface area contributed by atoms with E-state index in [1.807, 2.05) is 41.7 Å². The molecule has 3 aromatic heterocycles. The lowest BCUT2D eigenvalue weighted by Gasteiger charge is -2.25. The average Bonchev–Trinajstić information content (AvgIpc) is 3.87. The summed E-state index contributed by atoms with van der Waals surface area (Å²) in [6.45, 7) is 0.639. The number of furan rings is 2. The van der Waals surface area contributed by atoms with E-state index >= 15 is 0 Å². The number of thiophene rings is 1. The van der Waals surface area contributed by atoms with Crippen LogP contribution in [0.5, 0.6) is 0 Å². The van der Waals surface area contributed by atoms with Crippen molar-refractivity contribution < 1.29 is 8.83 Å². The first-order valence-corrected chi connectivity index (χ1v) is 18.1. The molecule has 51 heavy (non-hydrogen) atoms. The maximum Gasteiger partial charge on any atom is 0.143 e. The molecule has 3 heterocycles. The molecule has 5 nitrogen and oxygen atoms in total. The summed E-state index contributed by atoms with van der Waals surface area (Å²) in [7, 11) is 0. The van der Waals surface area contributed by atoms with Crippen LogP contribution in [0.25, 0.3) is 75.2 Å². The van der Waals surface area contributed by atoms with Crippen LogP contribution in [0.1, 0.15) is 29.0 Å². The van der Waals surface area contributed by atoms with E-state index in [9.17, 15) is 0 Å². The number of rotatable bonds is 8. The highest BCUT2D eigenvalue weighted by Crippen LogP contribution is 2.40. The van der Waals surface area contributed by atoms with Gasteiger partial charge in [-0.05, 0) is 53.1 Å². The Morgan fingerprint density at radius 2 is 1.27 bits per heavy atom. The van der Waals surface area contributed by atoms with Gasteiger partial charge in [0.25, 0.3) is 0 Å². The molecule has 10 rings (SSSR count). The molecule has 0 amide bonds. The third kappa shape index (κ3) is 5.20. The Kier molecular flexibility index (Phi) is 7.22. The smallest absolute Gasteiger partial charge is 0.143 e. The average molecular weight is 680 g/mol. The third-order valence-electron chi connectivity index (χ3n) is 10.0. The van der Waals surface area contributed by atoms with E-state index in [4.69, 9.17) is 14.6 Å². The van der Waals surface area contributed by atoms with Gasteiger partial charge in [0, 0.05) is 59.4 Å². The Hall–Kier alpha value is -5.76. The maximum atomic E-state index is 6.92. The molecule has 0 saturated heterocycles. The van der Waals surface area contributed by atoms with Crippen molar-refractivity contribution in [2.45, 2.75) is 18.9 Å². The van der Waals surface area contributed by atoms with Gasteiger partial charge in [-0.3, -0.25) is 10.6 Å². The number of nitrogens with two attached hydrogens (primary N) is 1. The molecule has 0 radical (unpaired) electrons. The quantitative estimate of drug-likeness (QED) is 0.139. The van der Waals surface area contributed by atoms with Gasteiger partial charge in [-0.25, -0.2) is 0 Å². The zero-order chi connectivity index (χ0) is 33.9. The zero-order valence-corrected chi connectivity index (χ0v) is 28.4. The number of fused-ring (bicyclic) bond motifs is 9. The fraction of sp³-hybridized carbons (Fsp3) is 0.0667. The van der Waals surface area contributed by atoms with Crippen molar-refractivity contribution in [1.82, 2.24) is 10.6 Å². The molecule has 2 atom stereocenters. The van der Waals surface area contributed by atoms with Crippen molar-refractivity contribution in [3.05, 3.63) is 168 Å². The SMILES string of the molecule is NC(NC(NCc1ccc2sc3ccccc3c2c1)c1cccc2c1oc1c(-c3ccc4oc5ccccc5c4c3)cccc12)c1ccccc1. The molecule has 0 bridgehead atoms. The summed E-state index contributed by atoms with van der Waals surface area (Å²) in [4.78, 5) is 0. The Labute approximate surface area is 297 Å². The van der Waals surface area contributed by atoms with Crippen molar-refractivity contribution in [3.8, 4) is 11.1 Å². The predicted molar refractivity (Wildman–Crippen MR) is 212 cm³/mol. The minimum absolute atomic E-state index is 0.309. The second kappa shape index (κ2) is 12.2. The standard InChI is InChI=1S/C45H33N3O2S/c46-44(28-10-2-1-3-11-28)48-45(47-26-27-20-23-41-37(24-27)32-13-5-7-19-40(32)51-41)35-17-9-16-34-33-15-8-14-30(42(33)50-43(34)35)29-21-22-39-36(25-29)31-12-4-6-18-38(31)49-39/h1-25,44-45,47-48H,26,46H2. The van der Waals surface area contributed by atoms with E-state index < -0.39 is 6.17 Å². The Morgan fingerprint density at radius 1 is 0.549 bits per heavy atom. The van der Waals surface area contributed by atoms with Crippen LogP contribution < -0.4 is 16.4 Å². The summed E-state index contributed by atoms with van der Waals surface area (Å²) in [6, 6.07) is 52.9. The van der Waals surface area contributed by atoms with Crippen LogP contribution in [0.4, 0.5) is 0 Å². The molecule has 0 aliphatic rings. The fourth-order valence-electron chi connectivity index (χ4n) is 7.49. The molecule has 2 unspecified atom stereocenters. The largest absolute Gasteiger partial charge is 0.456 e. The van der Waals surface area contributed by atoms with Gasteiger partial charge < -0.3 is 14.6 Å². The minimum atomic E-state index is -0.404. The number of nitrogens with one attached hydrogen (secondary N) is 2. The molecular weight excluding hydrogens is 647 g/mol. The van der Waals surface area contributed by atoms with Gasteiger partial charge in [-0.1, -0.05) is 115 Å². The second-order valence-electron chi connectivity index (χ2n) is 13.1. The lowest BCUT2D eigenvalue weighted by Crippen LogP contribution is -2.39. The molecule has 0 spiro atoms. The fourth-order valence-corrected chi connectivity index (χ4v) is 8.57. The molecule has 0 fully saturated rings. The van der Waals surface area contributed by atoms with Crippen LogP contribution in [0.3, 0.4) is 0 Å². The molecule has 0 saturated carbocycles. The number of hydrogen-bond donors (Lipinski definition) is 3. The van der Waals surface area contributed by atoms with Gasteiger partial charge in [0.1, 0.15) is 22.3 Å². The second-order valence-corrected chi connectivity index (χ2v) is 14.2. The first-order chi connectivity index (χ1) is 25.2. The van der Waals surface area contributed by atoms with E-state index in [2.05, 4.69) is 132 Å². The van der Waals surface area contributed by atoms with E-state index in [-0.39, 0.29) is 6.17 Å². The van der Waals surface area contributed by atoms with Crippen molar-refractivity contribution >= 4 is 75.4 Å². The van der Waals surface area contributed by atoms with Gasteiger partial charge >= 0.3 is 0 Å². The highest BCUT2D eigenvalue weighted by molar-refractivity contribution is 7.25. The molecular formula is C45H33N3O2S. The number of hydrogen-bond acceptors (Lipinski definition) is 6. The highest BCUT2D eigenvalue weighted by atomic mass is 32.1. The van der Waals surface area contributed by atoms with Gasteiger partial charge in [-0.2, -0.15) is 0 Å². The Balaban J connectivity index is 1.07. The lowest BCUT2D eigenvalue weighted by molar-refractivity contribution is 0.385. The monoisotopic (exact) mass is 679 g/mol. The van der Waals surface area contributed by atoms with Gasteiger partial charge in [0.05, 0.1) is 12.3 Å². The van der Waals surface area contributed by atoms with E-state index in [0.717, 1.165) is 66.1 Å². The molecule has 6 heteroatoms. The molecule has 7 aromatic carbocycles. The van der Waals surface area contributed by atoms with Crippen molar-refractivity contribution in [1.29, 1.82) is 0 Å². The van der Waals surface area contributed by atoms with Crippen molar-refractivity contribution in [3.63, 3.8) is 0 Å². The topological polar surface area (TPSA) is 76.4 Å². The lowest BCUT2D eigenvalue weighted by atomic mass is 10.00. The molecule has 246 valence electrons. The van der Waals surface area contributed by atoms with Gasteiger partial charge in [0.2, 0.25) is 0 Å². The summed E-state index contributed by atoms with van der Waals surface area (Å²) < 4.78 is 15.7. The van der Waals surface area contributed by atoms with Crippen LogP contribution in [0.15, 0.2) is 160 Å². The van der Waals surface area contributed by atoms with Crippen molar-refractivity contribution in [2.24, 2.45) is 5.73 Å². The van der Waals surface area contributed by atoms with Crippen LogP contribution >= 0.6 is 11.3 Å². The third-order valence-corrected chi connectivity index (χ3v) is 11.2. The van der Waals surface area contributed by atoms with E-state index in [0.29, 0.717) is 6.54 Å². The van der Waals surface area contributed by atoms with Crippen LogP contribution in [-0.4, -0.2) is 0 Å². The van der Waals surface area contributed by atoms with Crippen LogP contribution in [0, 0.1) is 0 Å². The summed E-state index contributed by atoms with van der Waals surface area (Å²) in [5.41, 5.74) is 15.6. The molecule has 10 aromatic rings. The zero-order valence-electron chi connectivity index (χ0n) is 27.6. The van der Waals surface area contributed by atoms with Gasteiger partial charge in [0.15, 0.2) is 0 Å². The molecule has 0 aliphatic heterocycles. The number of benzene rings is 7. The van der Waals surface area contributed by atoms with Gasteiger partial charge in [-0.15, -0.1) is 11.3 Å². The normalized spacial score (nSPS) is 13.3. The first kappa shape index (κ1) is 30.1. The van der Waals surface area contributed by atoms with Crippen molar-refractivity contribution in [2.75, 3.05) is 0 Å².